The third-order valence-corrected chi connectivity index (χ3v) is 6.00. The SMILES string of the molecule is [B]C1=Cc2c(ccc(Cl)c2Cl)C12CCC1(CC2)OCCO1. The molecule has 3 aliphatic rings. The van der Waals surface area contributed by atoms with E-state index in [0.29, 0.717) is 23.3 Å². The van der Waals surface area contributed by atoms with E-state index in [9.17, 15) is 0 Å². The van der Waals surface area contributed by atoms with Gasteiger partial charge in [0.15, 0.2) is 5.79 Å². The van der Waals surface area contributed by atoms with Gasteiger partial charge in [0.1, 0.15) is 7.85 Å². The summed E-state index contributed by atoms with van der Waals surface area (Å²) in [4.78, 5) is 0. The molecule has 4 rings (SSSR count). The Balaban J connectivity index is 1.72. The highest BCUT2D eigenvalue weighted by Crippen LogP contribution is 2.55. The van der Waals surface area contributed by atoms with E-state index in [2.05, 4.69) is 6.07 Å². The lowest BCUT2D eigenvalue weighted by Crippen LogP contribution is -2.42. The highest BCUT2D eigenvalue weighted by atomic mass is 35.5. The molecule has 0 unspecified atom stereocenters. The van der Waals surface area contributed by atoms with Gasteiger partial charge in [0.2, 0.25) is 0 Å². The van der Waals surface area contributed by atoms with E-state index in [4.69, 9.17) is 40.5 Å². The van der Waals surface area contributed by atoms with Crippen molar-refractivity contribution in [2.45, 2.75) is 36.9 Å². The average Bonchev–Trinajstić information content (AvgIpc) is 3.03. The van der Waals surface area contributed by atoms with E-state index in [0.717, 1.165) is 36.7 Å². The van der Waals surface area contributed by atoms with E-state index in [1.807, 2.05) is 12.1 Å². The van der Waals surface area contributed by atoms with Crippen LogP contribution in [0.1, 0.15) is 36.8 Å². The Hall–Kier alpha value is -0.475. The minimum Gasteiger partial charge on any atom is -0.348 e. The molecule has 2 fully saturated rings. The molecule has 2 spiro atoms. The summed E-state index contributed by atoms with van der Waals surface area (Å²) >= 11 is 12.5. The van der Waals surface area contributed by atoms with E-state index in [1.165, 1.54) is 5.56 Å². The normalized spacial score (nSPS) is 25.3. The maximum Gasteiger partial charge on any atom is 0.168 e. The van der Waals surface area contributed by atoms with Crippen LogP contribution >= 0.6 is 23.2 Å². The second-order valence-corrected chi connectivity index (χ2v) is 6.90. The van der Waals surface area contributed by atoms with Crippen molar-refractivity contribution in [2.75, 3.05) is 13.2 Å². The summed E-state index contributed by atoms with van der Waals surface area (Å²) in [6, 6.07) is 3.93. The Labute approximate surface area is 135 Å². The summed E-state index contributed by atoms with van der Waals surface area (Å²) in [5, 5.41) is 1.17. The van der Waals surface area contributed by atoms with Gasteiger partial charge in [-0.3, -0.25) is 0 Å². The van der Waals surface area contributed by atoms with Crippen molar-refractivity contribution in [2.24, 2.45) is 0 Å². The molecule has 2 aliphatic carbocycles. The molecule has 5 heteroatoms. The molecule has 0 N–H and O–H groups in total. The van der Waals surface area contributed by atoms with E-state index >= 15 is 0 Å². The number of rotatable bonds is 0. The standard InChI is InChI=1S/C16H15BCl2O2/c17-13-9-10-11(1-2-12(18)14(10)19)15(13)3-5-16(6-4-15)20-7-8-21-16/h1-2,9H,3-8H2. The smallest absolute Gasteiger partial charge is 0.168 e. The van der Waals surface area contributed by atoms with Gasteiger partial charge in [-0.1, -0.05) is 35.3 Å². The van der Waals surface area contributed by atoms with Gasteiger partial charge in [-0.05, 0) is 30.0 Å². The molecule has 1 saturated carbocycles. The van der Waals surface area contributed by atoms with Gasteiger partial charge in [0.25, 0.3) is 0 Å². The first-order valence-electron chi connectivity index (χ1n) is 7.30. The van der Waals surface area contributed by atoms with Gasteiger partial charge in [-0.15, -0.1) is 5.47 Å². The van der Waals surface area contributed by atoms with Crippen molar-refractivity contribution in [3.8, 4) is 0 Å². The second kappa shape index (κ2) is 4.76. The minimum atomic E-state index is -0.384. The summed E-state index contributed by atoms with van der Waals surface area (Å²) in [5.74, 6) is -0.384. The monoisotopic (exact) mass is 320 g/mol. The number of ether oxygens (including phenoxy) is 2. The van der Waals surface area contributed by atoms with Gasteiger partial charge in [-0.25, -0.2) is 0 Å². The zero-order valence-corrected chi connectivity index (χ0v) is 13.1. The summed E-state index contributed by atoms with van der Waals surface area (Å²) in [7, 11) is 6.38. The third-order valence-electron chi connectivity index (χ3n) is 5.18. The summed E-state index contributed by atoms with van der Waals surface area (Å²) < 4.78 is 11.6. The average molecular weight is 321 g/mol. The van der Waals surface area contributed by atoms with Crippen molar-refractivity contribution in [1.29, 1.82) is 0 Å². The molecule has 0 aromatic heterocycles. The molecule has 1 saturated heterocycles. The number of hydrogen-bond acceptors (Lipinski definition) is 2. The van der Waals surface area contributed by atoms with Crippen LogP contribution in [0.15, 0.2) is 17.6 Å². The van der Waals surface area contributed by atoms with Crippen LogP contribution in [0.25, 0.3) is 6.08 Å². The predicted molar refractivity (Wildman–Crippen MR) is 85.0 cm³/mol. The molecule has 0 amide bonds. The maximum atomic E-state index is 6.38. The van der Waals surface area contributed by atoms with Crippen LogP contribution in [0.3, 0.4) is 0 Å². The van der Waals surface area contributed by atoms with Crippen LogP contribution in [0.5, 0.6) is 0 Å². The second-order valence-electron chi connectivity index (χ2n) is 6.11. The van der Waals surface area contributed by atoms with Gasteiger partial charge in [-0.2, -0.15) is 0 Å². The Kier molecular flexibility index (Phi) is 3.20. The van der Waals surface area contributed by atoms with Gasteiger partial charge in [0.05, 0.1) is 23.3 Å². The van der Waals surface area contributed by atoms with Gasteiger partial charge < -0.3 is 9.47 Å². The minimum absolute atomic E-state index is 0.135. The molecule has 1 heterocycles. The Morgan fingerprint density at radius 1 is 1.00 bits per heavy atom. The van der Waals surface area contributed by atoms with E-state index in [1.54, 1.807) is 0 Å². The largest absolute Gasteiger partial charge is 0.348 e. The first-order chi connectivity index (χ1) is 10.1. The maximum absolute atomic E-state index is 6.38. The van der Waals surface area contributed by atoms with Crippen molar-refractivity contribution < 1.29 is 9.47 Å². The molecule has 21 heavy (non-hydrogen) atoms. The molecule has 1 aromatic rings. The molecule has 1 aromatic carbocycles. The first kappa shape index (κ1) is 14.1. The number of benzene rings is 1. The van der Waals surface area contributed by atoms with Crippen molar-refractivity contribution in [3.63, 3.8) is 0 Å². The van der Waals surface area contributed by atoms with Crippen LogP contribution in [0.2, 0.25) is 10.0 Å². The third kappa shape index (κ3) is 1.95. The Morgan fingerprint density at radius 2 is 1.67 bits per heavy atom. The fraction of sp³-hybridized carbons (Fsp3) is 0.500. The molecular formula is C16H15BCl2O2. The van der Waals surface area contributed by atoms with E-state index < -0.39 is 0 Å². The van der Waals surface area contributed by atoms with Crippen molar-refractivity contribution >= 4 is 37.1 Å². The predicted octanol–water partition coefficient (Wildman–Crippen LogP) is 4.07. The Bertz CT molecular complexity index is 625. The molecular weight excluding hydrogens is 306 g/mol. The number of fused-ring (bicyclic) bond motifs is 2. The molecule has 2 nitrogen and oxygen atoms in total. The van der Waals surface area contributed by atoms with Gasteiger partial charge >= 0.3 is 0 Å². The number of hydrogen-bond donors (Lipinski definition) is 0. The lowest BCUT2D eigenvalue weighted by molar-refractivity contribution is -0.182. The zero-order chi connectivity index (χ0) is 14.7. The molecule has 2 radical (unpaired) electrons. The van der Waals surface area contributed by atoms with Crippen LogP contribution in [0.4, 0.5) is 0 Å². The van der Waals surface area contributed by atoms with Crippen LogP contribution in [-0.2, 0) is 14.9 Å². The topological polar surface area (TPSA) is 18.5 Å². The van der Waals surface area contributed by atoms with Crippen LogP contribution in [-0.4, -0.2) is 26.8 Å². The zero-order valence-electron chi connectivity index (χ0n) is 11.6. The quantitative estimate of drug-likeness (QED) is 0.671. The summed E-state index contributed by atoms with van der Waals surface area (Å²) in [5.41, 5.74) is 2.92. The lowest BCUT2D eigenvalue weighted by Gasteiger charge is -2.43. The van der Waals surface area contributed by atoms with Crippen LogP contribution in [0, 0.1) is 0 Å². The summed E-state index contributed by atoms with van der Waals surface area (Å²) in [6.07, 6.45) is 5.54. The fourth-order valence-corrected chi connectivity index (χ4v) is 4.36. The molecule has 0 atom stereocenters. The first-order valence-corrected chi connectivity index (χ1v) is 8.06. The van der Waals surface area contributed by atoms with E-state index in [-0.39, 0.29) is 11.2 Å². The van der Waals surface area contributed by atoms with Crippen molar-refractivity contribution in [1.82, 2.24) is 0 Å². The van der Waals surface area contributed by atoms with Crippen molar-refractivity contribution in [3.05, 3.63) is 38.8 Å². The summed E-state index contributed by atoms with van der Waals surface area (Å²) in [6.45, 7) is 1.38. The molecule has 108 valence electrons. The van der Waals surface area contributed by atoms with Gasteiger partial charge in [0, 0.05) is 18.3 Å². The Morgan fingerprint density at radius 3 is 2.33 bits per heavy atom. The highest BCUT2D eigenvalue weighted by molar-refractivity contribution is 6.43. The molecule has 1 aliphatic heterocycles. The number of allylic oxidation sites excluding steroid dienone is 1. The van der Waals surface area contributed by atoms with Crippen LogP contribution < -0.4 is 0 Å². The lowest BCUT2D eigenvalue weighted by atomic mass is 9.61. The highest BCUT2D eigenvalue weighted by Gasteiger charge is 2.49. The fourth-order valence-electron chi connectivity index (χ4n) is 3.98. The molecule has 0 bridgehead atoms. The number of halogens is 2.